The van der Waals surface area contributed by atoms with Crippen molar-refractivity contribution in [3.63, 3.8) is 0 Å². The van der Waals surface area contributed by atoms with E-state index >= 15 is 0 Å². The molecule has 1 heterocycles. The maximum absolute atomic E-state index is 13.0. The van der Waals surface area contributed by atoms with Crippen LogP contribution in [0.2, 0.25) is 5.15 Å². The lowest BCUT2D eigenvalue weighted by atomic mass is 10.2. The highest BCUT2D eigenvalue weighted by Crippen LogP contribution is 2.23. The summed E-state index contributed by atoms with van der Waals surface area (Å²) in [6.07, 6.45) is 0. The van der Waals surface area contributed by atoms with Crippen molar-refractivity contribution in [3.8, 4) is 5.69 Å². The topological polar surface area (TPSA) is 76.0 Å². The number of nitrogens with one attached hydrogen (secondary N) is 2. The van der Waals surface area contributed by atoms with Gasteiger partial charge in [0, 0.05) is 20.0 Å². The minimum Gasteiger partial charge on any atom is -0.355 e. The summed E-state index contributed by atoms with van der Waals surface area (Å²) in [7, 11) is 0. The van der Waals surface area contributed by atoms with Crippen LogP contribution in [0.4, 0.5) is 4.39 Å². The minimum atomic E-state index is -0.383. The number of rotatable bonds is 5. The molecule has 0 saturated carbocycles. The lowest BCUT2D eigenvalue weighted by Crippen LogP contribution is -2.33. The third-order valence-electron chi connectivity index (χ3n) is 3.09. The zero-order valence-electron chi connectivity index (χ0n) is 12.7. The number of hydrogen-bond donors (Lipinski definition) is 2. The SMILES string of the molecule is CC(=O)NCCNC(=O)c1c(C)nn(-c2ccc(F)cc2)c1Cl. The van der Waals surface area contributed by atoms with E-state index in [2.05, 4.69) is 15.7 Å². The standard InChI is InChI=1S/C15H16ClFN4O2/c1-9-13(15(23)19-8-7-18-10(2)22)14(16)21(20-9)12-5-3-11(17)4-6-12/h3-6H,7-8H2,1-2H3,(H,18,22)(H,19,23). The van der Waals surface area contributed by atoms with E-state index in [9.17, 15) is 14.0 Å². The van der Waals surface area contributed by atoms with Crippen LogP contribution in [0, 0.1) is 12.7 Å². The predicted octanol–water partition coefficient (Wildman–Crippen LogP) is 1.84. The molecule has 2 rings (SSSR count). The second-order valence-electron chi connectivity index (χ2n) is 4.88. The monoisotopic (exact) mass is 338 g/mol. The van der Waals surface area contributed by atoms with E-state index in [4.69, 9.17) is 11.6 Å². The lowest BCUT2D eigenvalue weighted by Gasteiger charge is -2.06. The van der Waals surface area contributed by atoms with Gasteiger partial charge in [-0.05, 0) is 31.2 Å². The number of aryl methyl sites for hydroxylation is 1. The van der Waals surface area contributed by atoms with Gasteiger partial charge in [0.2, 0.25) is 5.91 Å². The summed E-state index contributed by atoms with van der Waals surface area (Å²) < 4.78 is 14.4. The van der Waals surface area contributed by atoms with Crippen molar-refractivity contribution >= 4 is 23.4 Å². The van der Waals surface area contributed by atoms with Crippen molar-refractivity contribution in [1.82, 2.24) is 20.4 Å². The molecule has 2 N–H and O–H groups in total. The summed E-state index contributed by atoms with van der Waals surface area (Å²) in [6, 6.07) is 5.62. The molecule has 8 heteroatoms. The van der Waals surface area contributed by atoms with E-state index in [0.29, 0.717) is 17.9 Å². The first-order valence-corrected chi connectivity index (χ1v) is 7.31. The normalized spacial score (nSPS) is 10.4. The van der Waals surface area contributed by atoms with Gasteiger partial charge in [-0.3, -0.25) is 9.59 Å². The Morgan fingerprint density at radius 2 is 1.83 bits per heavy atom. The number of carbonyl (C=O) groups excluding carboxylic acids is 2. The Morgan fingerprint density at radius 3 is 2.43 bits per heavy atom. The van der Waals surface area contributed by atoms with Gasteiger partial charge in [-0.15, -0.1) is 0 Å². The van der Waals surface area contributed by atoms with Crippen LogP contribution >= 0.6 is 11.6 Å². The molecule has 0 aliphatic carbocycles. The molecule has 1 aromatic heterocycles. The number of benzene rings is 1. The van der Waals surface area contributed by atoms with Crippen molar-refractivity contribution in [2.75, 3.05) is 13.1 Å². The molecule has 23 heavy (non-hydrogen) atoms. The van der Waals surface area contributed by atoms with Gasteiger partial charge >= 0.3 is 0 Å². The van der Waals surface area contributed by atoms with Gasteiger partial charge in [0.15, 0.2) is 0 Å². The molecule has 0 radical (unpaired) electrons. The molecule has 0 atom stereocenters. The average Bonchev–Trinajstić information content (AvgIpc) is 2.79. The van der Waals surface area contributed by atoms with Crippen molar-refractivity contribution in [2.24, 2.45) is 0 Å². The number of hydrogen-bond acceptors (Lipinski definition) is 3. The molecule has 0 aliphatic heterocycles. The van der Waals surface area contributed by atoms with Crippen molar-refractivity contribution in [2.45, 2.75) is 13.8 Å². The molecule has 0 fully saturated rings. The summed E-state index contributed by atoms with van der Waals surface area (Å²) in [5, 5.41) is 9.60. The molecule has 2 aromatic rings. The Balaban J connectivity index is 2.15. The van der Waals surface area contributed by atoms with E-state index in [0.717, 1.165) is 0 Å². The molecular formula is C15H16ClFN4O2. The Labute approximate surface area is 137 Å². The van der Waals surface area contributed by atoms with Gasteiger partial charge in [-0.25, -0.2) is 9.07 Å². The molecule has 0 bridgehead atoms. The van der Waals surface area contributed by atoms with Crippen molar-refractivity contribution in [3.05, 3.63) is 46.5 Å². The fraction of sp³-hybridized carbons (Fsp3) is 0.267. The van der Waals surface area contributed by atoms with Crippen LogP contribution in [0.1, 0.15) is 23.0 Å². The molecule has 0 spiro atoms. The first-order chi connectivity index (χ1) is 10.9. The molecule has 6 nitrogen and oxygen atoms in total. The molecule has 2 amide bonds. The van der Waals surface area contributed by atoms with Gasteiger partial charge in [0.1, 0.15) is 11.0 Å². The Hall–Kier alpha value is -2.41. The van der Waals surface area contributed by atoms with E-state index in [1.54, 1.807) is 6.92 Å². The van der Waals surface area contributed by atoms with Crippen LogP contribution in [0.25, 0.3) is 5.69 Å². The first-order valence-electron chi connectivity index (χ1n) is 6.94. The fourth-order valence-corrected chi connectivity index (χ4v) is 2.37. The number of nitrogens with zero attached hydrogens (tertiary/aromatic N) is 2. The summed E-state index contributed by atoms with van der Waals surface area (Å²) in [5.41, 5.74) is 1.26. The van der Waals surface area contributed by atoms with Crippen LogP contribution in [-0.4, -0.2) is 34.7 Å². The van der Waals surface area contributed by atoms with Crippen LogP contribution < -0.4 is 10.6 Å². The van der Waals surface area contributed by atoms with Crippen LogP contribution in [0.15, 0.2) is 24.3 Å². The molecular weight excluding hydrogens is 323 g/mol. The van der Waals surface area contributed by atoms with Gasteiger partial charge in [-0.1, -0.05) is 11.6 Å². The zero-order valence-corrected chi connectivity index (χ0v) is 13.4. The number of amides is 2. The second-order valence-corrected chi connectivity index (χ2v) is 5.24. The van der Waals surface area contributed by atoms with E-state index in [1.807, 2.05) is 0 Å². The summed E-state index contributed by atoms with van der Waals surface area (Å²) in [5.74, 6) is -0.923. The smallest absolute Gasteiger partial charge is 0.256 e. The number of carbonyl (C=O) groups is 2. The molecule has 0 unspecified atom stereocenters. The van der Waals surface area contributed by atoms with E-state index in [-0.39, 0.29) is 34.9 Å². The molecule has 0 aliphatic rings. The van der Waals surface area contributed by atoms with Gasteiger partial charge < -0.3 is 10.6 Å². The average molecular weight is 339 g/mol. The Kier molecular flexibility index (Phi) is 5.33. The molecule has 0 saturated heterocycles. The largest absolute Gasteiger partial charge is 0.355 e. The summed E-state index contributed by atoms with van der Waals surface area (Å²) >= 11 is 6.24. The highest BCUT2D eigenvalue weighted by molar-refractivity contribution is 6.33. The first kappa shape index (κ1) is 17.0. The second kappa shape index (κ2) is 7.23. The number of aromatic nitrogens is 2. The highest BCUT2D eigenvalue weighted by atomic mass is 35.5. The highest BCUT2D eigenvalue weighted by Gasteiger charge is 2.20. The fourth-order valence-electron chi connectivity index (χ4n) is 2.01. The maximum Gasteiger partial charge on any atom is 0.256 e. The quantitative estimate of drug-likeness (QED) is 0.817. The van der Waals surface area contributed by atoms with Crippen molar-refractivity contribution in [1.29, 1.82) is 0 Å². The van der Waals surface area contributed by atoms with Crippen LogP contribution in [0.3, 0.4) is 0 Å². The zero-order chi connectivity index (χ0) is 17.0. The predicted molar refractivity (Wildman–Crippen MR) is 84.3 cm³/mol. The Morgan fingerprint density at radius 1 is 1.22 bits per heavy atom. The Bertz CT molecular complexity index is 728. The summed E-state index contributed by atoms with van der Waals surface area (Å²) in [6.45, 7) is 3.66. The third-order valence-corrected chi connectivity index (χ3v) is 3.44. The maximum atomic E-state index is 13.0. The van der Waals surface area contributed by atoms with Gasteiger partial charge in [0.25, 0.3) is 5.91 Å². The summed E-state index contributed by atoms with van der Waals surface area (Å²) in [4.78, 5) is 23.0. The minimum absolute atomic E-state index is 0.145. The van der Waals surface area contributed by atoms with Crippen LogP contribution in [0.5, 0.6) is 0 Å². The molecule has 122 valence electrons. The van der Waals surface area contributed by atoms with E-state index in [1.165, 1.54) is 35.9 Å². The van der Waals surface area contributed by atoms with Crippen LogP contribution in [-0.2, 0) is 4.79 Å². The van der Waals surface area contributed by atoms with Gasteiger partial charge in [-0.2, -0.15) is 5.10 Å². The number of halogens is 2. The van der Waals surface area contributed by atoms with Gasteiger partial charge in [0.05, 0.1) is 16.9 Å². The lowest BCUT2D eigenvalue weighted by molar-refractivity contribution is -0.118. The van der Waals surface area contributed by atoms with Crippen molar-refractivity contribution < 1.29 is 14.0 Å². The third kappa shape index (κ3) is 4.07. The molecule has 1 aromatic carbocycles. The van der Waals surface area contributed by atoms with E-state index < -0.39 is 0 Å².